The summed E-state index contributed by atoms with van der Waals surface area (Å²) in [5, 5.41) is 7.54. The van der Waals surface area contributed by atoms with Crippen LogP contribution in [-0.2, 0) is 0 Å². The van der Waals surface area contributed by atoms with Crippen molar-refractivity contribution in [2.75, 3.05) is 19.5 Å². The van der Waals surface area contributed by atoms with Crippen LogP contribution >= 0.6 is 0 Å². The van der Waals surface area contributed by atoms with Crippen molar-refractivity contribution < 1.29 is 9.13 Å². The molecule has 2 heterocycles. The molecule has 0 fully saturated rings. The third kappa shape index (κ3) is 1.37. The summed E-state index contributed by atoms with van der Waals surface area (Å²) < 4.78 is 20.2. The predicted octanol–water partition coefficient (Wildman–Crippen LogP) is 1.47. The zero-order chi connectivity index (χ0) is 12.7. The highest BCUT2D eigenvalue weighted by Gasteiger charge is 2.13. The fourth-order valence-electron chi connectivity index (χ4n) is 1.87. The van der Waals surface area contributed by atoms with Crippen LogP contribution < -0.4 is 10.1 Å². The highest BCUT2D eigenvalue weighted by atomic mass is 19.1. The number of methoxy groups -OCH3 is 1. The van der Waals surface area contributed by atoms with E-state index in [4.69, 9.17) is 4.74 Å². The molecule has 0 saturated carbocycles. The van der Waals surface area contributed by atoms with Crippen molar-refractivity contribution in [3.63, 3.8) is 0 Å². The lowest BCUT2D eigenvalue weighted by Gasteiger charge is -2.07. The van der Waals surface area contributed by atoms with E-state index in [1.165, 1.54) is 24.0 Å². The third-order valence-electron chi connectivity index (χ3n) is 2.71. The molecule has 0 bridgehead atoms. The van der Waals surface area contributed by atoms with E-state index in [1.807, 2.05) is 0 Å². The number of fused-ring (bicyclic) bond motifs is 3. The van der Waals surface area contributed by atoms with Gasteiger partial charge < -0.3 is 10.1 Å². The van der Waals surface area contributed by atoms with E-state index in [2.05, 4.69) is 20.4 Å². The van der Waals surface area contributed by atoms with Crippen LogP contribution in [0.15, 0.2) is 18.5 Å². The molecule has 6 nitrogen and oxygen atoms in total. The average molecular weight is 247 g/mol. The van der Waals surface area contributed by atoms with Gasteiger partial charge in [0.05, 0.1) is 12.6 Å². The predicted molar refractivity (Wildman–Crippen MR) is 64.3 cm³/mol. The number of ether oxygens (including phenoxy) is 1. The van der Waals surface area contributed by atoms with E-state index in [0.29, 0.717) is 22.5 Å². The highest BCUT2D eigenvalue weighted by Crippen LogP contribution is 2.26. The van der Waals surface area contributed by atoms with Crippen molar-refractivity contribution in [1.29, 1.82) is 0 Å². The van der Waals surface area contributed by atoms with E-state index < -0.39 is 5.82 Å². The number of halogens is 1. The van der Waals surface area contributed by atoms with Gasteiger partial charge in [0, 0.05) is 18.5 Å². The van der Waals surface area contributed by atoms with Crippen molar-refractivity contribution in [3.8, 4) is 5.75 Å². The Hall–Kier alpha value is -2.44. The van der Waals surface area contributed by atoms with Gasteiger partial charge in [0.15, 0.2) is 17.2 Å². The lowest BCUT2D eigenvalue weighted by Crippen LogP contribution is -2.03. The maximum Gasteiger partial charge on any atom is 0.226 e. The number of benzene rings is 1. The Morgan fingerprint density at radius 2 is 2.22 bits per heavy atom. The standard InChI is InChI=1S/C11H10FN5O/c1-13-11-16-8-4-9(18-2)7(12)3-6(8)10-14-5-15-17(10)11/h3-5H,1-2H3,(H,13,16). The van der Waals surface area contributed by atoms with E-state index >= 15 is 0 Å². The fraction of sp³-hybridized carbons (Fsp3) is 0.182. The Morgan fingerprint density at radius 1 is 1.39 bits per heavy atom. The third-order valence-corrected chi connectivity index (χ3v) is 2.71. The molecular weight excluding hydrogens is 237 g/mol. The van der Waals surface area contributed by atoms with Crippen LogP contribution in [0.1, 0.15) is 0 Å². The number of hydrogen-bond donors (Lipinski definition) is 1. The Balaban J connectivity index is 2.47. The van der Waals surface area contributed by atoms with E-state index in [9.17, 15) is 4.39 Å². The van der Waals surface area contributed by atoms with E-state index in [-0.39, 0.29) is 5.75 Å². The maximum absolute atomic E-state index is 13.7. The monoisotopic (exact) mass is 247 g/mol. The van der Waals surface area contributed by atoms with Crippen LogP contribution in [0.25, 0.3) is 16.6 Å². The topological polar surface area (TPSA) is 64.3 Å². The van der Waals surface area contributed by atoms with Gasteiger partial charge >= 0.3 is 0 Å². The minimum atomic E-state index is -0.450. The normalized spacial score (nSPS) is 11.1. The Kier molecular flexibility index (Phi) is 2.26. The van der Waals surface area contributed by atoms with Crippen LogP contribution in [0.2, 0.25) is 0 Å². The summed E-state index contributed by atoms with van der Waals surface area (Å²) in [5.41, 5.74) is 1.14. The molecular formula is C11H10FN5O. The van der Waals surface area contributed by atoms with Crippen LogP contribution in [-0.4, -0.2) is 33.7 Å². The number of rotatable bonds is 2. The minimum absolute atomic E-state index is 0.154. The Bertz CT molecular complexity index is 739. The molecule has 92 valence electrons. The van der Waals surface area contributed by atoms with Gasteiger partial charge in [-0.3, -0.25) is 0 Å². The first-order valence-electron chi connectivity index (χ1n) is 5.29. The van der Waals surface area contributed by atoms with Gasteiger partial charge in [-0.15, -0.1) is 0 Å². The zero-order valence-corrected chi connectivity index (χ0v) is 9.81. The van der Waals surface area contributed by atoms with Crippen molar-refractivity contribution in [1.82, 2.24) is 19.6 Å². The number of anilines is 1. The molecule has 1 N–H and O–H groups in total. The second-order valence-corrected chi connectivity index (χ2v) is 3.68. The molecule has 0 aliphatic heterocycles. The van der Waals surface area contributed by atoms with Crippen molar-refractivity contribution in [2.24, 2.45) is 0 Å². The van der Waals surface area contributed by atoms with Crippen molar-refractivity contribution in [3.05, 3.63) is 24.3 Å². The van der Waals surface area contributed by atoms with Crippen LogP contribution in [0.5, 0.6) is 5.75 Å². The van der Waals surface area contributed by atoms with Gasteiger partial charge in [0.2, 0.25) is 5.95 Å². The Morgan fingerprint density at radius 3 is 2.94 bits per heavy atom. The number of nitrogens with zero attached hydrogens (tertiary/aromatic N) is 4. The first-order chi connectivity index (χ1) is 8.74. The summed E-state index contributed by atoms with van der Waals surface area (Å²) in [6.07, 6.45) is 1.40. The van der Waals surface area contributed by atoms with Crippen LogP contribution in [0.3, 0.4) is 0 Å². The number of nitrogens with one attached hydrogen (secondary N) is 1. The second-order valence-electron chi connectivity index (χ2n) is 3.68. The molecule has 0 amide bonds. The summed E-state index contributed by atoms with van der Waals surface area (Å²) in [4.78, 5) is 8.46. The maximum atomic E-state index is 13.7. The van der Waals surface area contributed by atoms with Gasteiger partial charge in [-0.25, -0.2) is 14.4 Å². The van der Waals surface area contributed by atoms with Crippen molar-refractivity contribution in [2.45, 2.75) is 0 Å². The molecule has 0 aliphatic rings. The fourth-order valence-corrected chi connectivity index (χ4v) is 1.87. The first kappa shape index (κ1) is 10.7. The smallest absolute Gasteiger partial charge is 0.226 e. The zero-order valence-electron chi connectivity index (χ0n) is 9.81. The average Bonchev–Trinajstić information content (AvgIpc) is 2.87. The molecule has 3 aromatic rings. The van der Waals surface area contributed by atoms with Crippen LogP contribution in [0, 0.1) is 5.82 Å². The molecule has 1 aromatic carbocycles. The summed E-state index contributed by atoms with van der Waals surface area (Å²) in [5.74, 6) is 0.235. The summed E-state index contributed by atoms with van der Waals surface area (Å²) in [6, 6.07) is 2.89. The van der Waals surface area contributed by atoms with Gasteiger partial charge in [-0.1, -0.05) is 0 Å². The highest BCUT2D eigenvalue weighted by molar-refractivity contribution is 5.93. The number of hydrogen-bond acceptors (Lipinski definition) is 5. The molecule has 18 heavy (non-hydrogen) atoms. The molecule has 2 aromatic heterocycles. The molecule has 0 spiro atoms. The van der Waals surface area contributed by atoms with Gasteiger partial charge in [0.25, 0.3) is 0 Å². The quantitative estimate of drug-likeness (QED) is 0.742. The molecule has 0 saturated heterocycles. The molecule has 7 heteroatoms. The second kappa shape index (κ2) is 3.80. The molecule has 0 atom stereocenters. The van der Waals surface area contributed by atoms with E-state index in [1.54, 1.807) is 13.1 Å². The summed E-state index contributed by atoms with van der Waals surface area (Å²) >= 11 is 0. The van der Waals surface area contributed by atoms with Gasteiger partial charge in [-0.05, 0) is 6.07 Å². The van der Waals surface area contributed by atoms with Crippen LogP contribution in [0.4, 0.5) is 10.3 Å². The largest absolute Gasteiger partial charge is 0.494 e. The molecule has 0 radical (unpaired) electrons. The summed E-state index contributed by atoms with van der Waals surface area (Å²) in [7, 11) is 3.15. The minimum Gasteiger partial charge on any atom is -0.494 e. The van der Waals surface area contributed by atoms with E-state index in [0.717, 1.165) is 0 Å². The van der Waals surface area contributed by atoms with Gasteiger partial charge in [0.1, 0.15) is 6.33 Å². The lowest BCUT2D eigenvalue weighted by atomic mass is 10.2. The Labute approximate surface area is 101 Å². The molecule has 0 aliphatic carbocycles. The summed E-state index contributed by atoms with van der Waals surface area (Å²) in [6.45, 7) is 0. The van der Waals surface area contributed by atoms with Gasteiger partial charge in [-0.2, -0.15) is 9.61 Å². The molecule has 0 unspecified atom stereocenters. The lowest BCUT2D eigenvalue weighted by molar-refractivity contribution is 0.387. The first-order valence-corrected chi connectivity index (χ1v) is 5.29. The van der Waals surface area contributed by atoms with Crippen molar-refractivity contribution >= 4 is 22.5 Å². The number of aromatic nitrogens is 4. The molecule has 3 rings (SSSR count). The SMILES string of the molecule is CNc1nc2cc(OC)c(F)cc2c2ncnn12.